The number of hydrogen-bond acceptors (Lipinski definition) is 2. The third kappa shape index (κ3) is 4.97. The van der Waals surface area contributed by atoms with E-state index >= 15 is 0 Å². The van der Waals surface area contributed by atoms with Crippen LogP contribution < -0.4 is 5.32 Å². The summed E-state index contributed by atoms with van der Waals surface area (Å²) >= 11 is 0. The molecule has 0 spiro atoms. The highest BCUT2D eigenvalue weighted by atomic mass is 19.3. The van der Waals surface area contributed by atoms with Gasteiger partial charge >= 0.3 is 12.3 Å². The Bertz CT molecular complexity index is 425. The smallest absolute Gasteiger partial charge is 0.307 e. The van der Waals surface area contributed by atoms with Crippen molar-refractivity contribution in [2.45, 2.75) is 31.2 Å². The zero-order chi connectivity index (χ0) is 15.3. The molecular formula is C15H20F4N2. The molecule has 6 heteroatoms. The number of hydrogen-bond donors (Lipinski definition) is 1. The number of nitrogens with one attached hydrogen (secondary N) is 1. The molecule has 2 rings (SSSR count). The molecule has 1 heterocycles. The molecule has 0 aliphatic carbocycles. The van der Waals surface area contributed by atoms with Gasteiger partial charge in [-0.15, -0.1) is 0 Å². The zero-order valence-electron chi connectivity index (χ0n) is 11.7. The Balaban J connectivity index is 1.69. The van der Waals surface area contributed by atoms with Crippen LogP contribution in [0.3, 0.4) is 0 Å². The van der Waals surface area contributed by atoms with Crippen LogP contribution in [-0.4, -0.2) is 49.5 Å². The molecule has 0 bridgehead atoms. The second-order valence-corrected chi connectivity index (χ2v) is 5.46. The lowest BCUT2D eigenvalue weighted by Gasteiger charge is -2.20. The van der Waals surface area contributed by atoms with Gasteiger partial charge < -0.3 is 10.2 Å². The van der Waals surface area contributed by atoms with Gasteiger partial charge in [0, 0.05) is 19.1 Å². The van der Waals surface area contributed by atoms with Crippen molar-refractivity contribution in [1.82, 2.24) is 10.2 Å². The quantitative estimate of drug-likeness (QED) is 0.779. The molecule has 1 aliphatic heterocycles. The van der Waals surface area contributed by atoms with Crippen molar-refractivity contribution in [2.75, 3.05) is 26.2 Å². The average Bonchev–Trinajstić information content (AvgIpc) is 2.92. The van der Waals surface area contributed by atoms with Crippen molar-refractivity contribution in [1.29, 1.82) is 0 Å². The van der Waals surface area contributed by atoms with Crippen LogP contribution in [-0.2, 0) is 6.42 Å². The number of benzene rings is 1. The van der Waals surface area contributed by atoms with Gasteiger partial charge in [0.1, 0.15) is 0 Å². The monoisotopic (exact) mass is 304 g/mol. The summed E-state index contributed by atoms with van der Waals surface area (Å²) in [4.78, 5) is 2.17. The molecule has 0 radical (unpaired) electrons. The van der Waals surface area contributed by atoms with E-state index in [-0.39, 0.29) is 6.04 Å². The number of nitrogens with zero attached hydrogens (tertiary/aromatic N) is 1. The summed E-state index contributed by atoms with van der Waals surface area (Å²) in [5.41, 5.74) is 1.23. The molecule has 118 valence electrons. The van der Waals surface area contributed by atoms with E-state index in [4.69, 9.17) is 0 Å². The van der Waals surface area contributed by atoms with Crippen LogP contribution in [0.1, 0.15) is 12.0 Å². The second-order valence-electron chi connectivity index (χ2n) is 5.46. The summed E-state index contributed by atoms with van der Waals surface area (Å²) in [5, 5.41) is 2.56. The first-order valence-electron chi connectivity index (χ1n) is 7.13. The summed E-state index contributed by atoms with van der Waals surface area (Å²) in [6.07, 6.45) is -1.99. The minimum Gasteiger partial charge on any atom is -0.307 e. The summed E-state index contributed by atoms with van der Waals surface area (Å²) in [6.45, 7) is 1.34. The van der Waals surface area contributed by atoms with Gasteiger partial charge in [-0.05, 0) is 24.9 Å². The Morgan fingerprint density at radius 3 is 2.62 bits per heavy atom. The van der Waals surface area contributed by atoms with Crippen LogP contribution in [0, 0.1) is 0 Å². The highest BCUT2D eigenvalue weighted by Gasteiger charge is 2.41. The maximum Gasteiger partial charge on any atom is 0.319 e. The Hall–Kier alpha value is -1.14. The fraction of sp³-hybridized carbons (Fsp3) is 0.600. The van der Waals surface area contributed by atoms with Crippen LogP contribution in [0.5, 0.6) is 0 Å². The standard InChI is InChI=1S/C15H20F4N2/c16-14(17)15(18,19)11-20-13-7-9-21(10-13)8-6-12-4-2-1-3-5-12/h1-5,13-14,20H,6-11H2. The van der Waals surface area contributed by atoms with Crippen LogP contribution in [0.2, 0.25) is 0 Å². The Morgan fingerprint density at radius 1 is 1.24 bits per heavy atom. The van der Waals surface area contributed by atoms with Gasteiger partial charge in [0.05, 0.1) is 6.54 Å². The molecule has 2 nitrogen and oxygen atoms in total. The van der Waals surface area contributed by atoms with E-state index < -0.39 is 18.9 Å². The fourth-order valence-electron chi connectivity index (χ4n) is 2.49. The maximum atomic E-state index is 12.8. The van der Waals surface area contributed by atoms with Crippen molar-refractivity contribution in [3.8, 4) is 0 Å². The minimum absolute atomic E-state index is 0.134. The summed E-state index contributed by atoms with van der Waals surface area (Å²) in [7, 11) is 0. The molecule has 0 amide bonds. The molecule has 0 saturated carbocycles. The molecule has 1 aromatic carbocycles. The lowest BCUT2D eigenvalue weighted by atomic mass is 10.1. The topological polar surface area (TPSA) is 15.3 Å². The average molecular weight is 304 g/mol. The lowest BCUT2D eigenvalue weighted by molar-refractivity contribution is -0.126. The van der Waals surface area contributed by atoms with Crippen LogP contribution in [0.15, 0.2) is 30.3 Å². The third-order valence-corrected chi connectivity index (χ3v) is 3.78. The van der Waals surface area contributed by atoms with Gasteiger partial charge in [0.25, 0.3) is 0 Å². The van der Waals surface area contributed by atoms with E-state index in [0.717, 1.165) is 19.5 Å². The third-order valence-electron chi connectivity index (χ3n) is 3.78. The van der Waals surface area contributed by atoms with Crippen LogP contribution in [0.25, 0.3) is 0 Å². The first kappa shape index (κ1) is 16.2. The van der Waals surface area contributed by atoms with Gasteiger partial charge in [0.15, 0.2) is 0 Å². The molecule has 21 heavy (non-hydrogen) atoms. The van der Waals surface area contributed by atoms with Crippen LogP contribution >= 0.6 is 0 Å². The number of halogens is 4. The Labute approximate surface area is 122 Å². The fourth-order valence-corrected chi connectivity index (χ4v) is 2.49. The van der Waals surface area contributed by atoms with Crippen molar-refractivity contribution in [2.24, 2.45) is 0 Å². The van der Waals surface area contributed by atoms with E-state index in [2.05, 4.69) is 22.3 Å². The largest absolute Gasteiger partial charge is 0.319 e. The second kappa shape index (κ2) is 7.22. The Morgan fingerprint density at radius 2 is 1.95 bits per heavy atom. The Kier molecular flexibility index (Phi) is 5.58. The molecule has 1 unspecified atom stereocenters. The minimum atomic E-state index is -3.95. The van der Waals surface area contributed by atoms with Gasteiger partial charge in [-0.25, -0.2) is 8.78 Å². The van der Waals surface area contributed by atoms with Gasteiger partial charge in [-0.2, -0.15) is 8.78 Å². The number of rotatable bonds is 7. The maximum absolute atomic E-state index is 12.8. The molecule has 1 N–H and O–H groups in total. The van der Waals surface area contributed by atoms with E-state index in [1.807, 2.05) is 18.2 Å². The summed E-state index contributed by atoms with van der Waals surface area (Å²) < 4.78 is 49.8. The first-order valence-corrected chi connectivity index (χ1v) is 7.13. The van der Waals surface area contributed by atoms with Gasteiger partial charge in [0.2, 0.25) is 0 Å². The van der Waals surface area contributed by atoms with Crippen molar-refractivity contribution < 1.29 is 17.6 Å². The summed E-state index contributed by atoms with van der Waals surface area (Å²) in [5.74, 6) is -3.95. The first-order chi connectivity index (χ1) is 9.97. The lowest BCUT2D eigenvalue weighted by Crippen LogP contribution is -2.44. The molecule has 1 aromatic rings. The van der Waals surface area contributed by atoms with Crippen molar-refractivity contribution in [3.05, 3.63) is 35.9 Å². The predicted octanol–water partition coefficient (Wildman–Crippen LogP) is 2.79. The van der Waals surface area contributed by atoms with E-state index in [0.29, 0.717) is 13.0 Å². The zero-order valence-corrected chi connectivity index (χ0v) is 11.7. The molecule has 1 fully saturated rings. The van der Waals surface area contributed by atoms with Gasteiger partial charge in [-0.3, -0.25) is 0 Å². The number of alkyl halides is 4. The predicted molar refractivity (Wildman–Crippen MR) is 73.9 cm³/mol. The molecule has 1 atom stereocenters. The van der Waals surface area contributed by atoms with Crippen LogP contribution in [0.4, 0.5) is 17.6 Å². The summed E-state index contributed by atoms with van der Waals surface area (Å²) in [6, 6.07) is 9.89. The van der Waals surface area contributed by atoms with Crippen molar-refractivity contribution >= 4 is 0 Å². The van der Waals surface area contributed by atoms with Gasteiger partial charge in [-0.1, -0.05) is 30.3 Å². The highest BCUT2D eigenvalue weighted by Crippen LogP contribution is 2.22. The van der Waals surface area contributed by atoms with Crippen molar-refractivity contribution in [3.63, 3.8) is 0 Å². The van der Waals surface area contributed by atoms with E-state index in [9.17, 15) is 17.6 Å². The normalized spacial score (nSPS) is 20.3. The SMILES string of the molecule is FC(F)C(F)(F)CNC1CCN(CCc2ccccc2)C1. The van der Waals surface area contributed by atoms with E-state index in [1.54, 1.807) is 0 Å². The van der Waals surface area contributed by atoms with E-state index in [1.165, 1.54) is 5.56 Å². The molecule has 1 saturated heterocycles. The highest BCUT2D eigenvalue weighted by molar-refractivity contribution is 5.14. The number of likely N-dealkylation sites (tertiary alicyclic amines) is 1. The molecule has 1 aliphatic rings. The molecular weight excluding hydrogens is 284 g/mol. The molecule has 0 aromatic heterocycles.